The Morgan fingerprint density at radius 2 is 1.93 bits per heavy atom. The molecule has 154 valence electrons. The highest BCUT2D eigenvalue weighted by atomic mass is 16.5. The average Bonchev–Trinajstić information content (AvgIpc) is 3.07. The first-order valence-electron chi connectivity index (χ1n) is 9.22. The predicted octanol–water partition coefficient (Wildman–Crippen LogP) is 0.780. The molecule has 2 N–H and O–H groups in total. The maximum Gasteiger partial charge on any atom is 0.332 e. The van der Waals surface area contributed by atoms with E-state index in [-0.39, 0.29) is 24.3 Å². The summed E-state index contributed by atoms with van der Waals surface area (Å²) >= 11 is 0. The van der Waals surface area contributed by atoms with Crippen LogP contribution in [0.15, 0.2) is 46.5 Å². The number of imidazole rings is 1. The number of hydrogen-bond donors (Lipinski definition) is 2. The van der Waals surface area contributed by atoms with Crippen molar-refractivity contribution in [3.05, 3.63) is 63.3 Å². The lowest BCUT2D eigenvalue weighted by atomic mass is 10.2. The second-order valence-electron chi connectivity index (χ2n) is 6.87. The Balaban J connectivity index is 1.93. The topological polar surface area (TPSA) is 103 Å². The van der Waals surface area contributed by atoms with Crippen LogP contribution in [0.5, 0.6) is 5.75 Å². The lowest BCUT2D eigenvalue weighted by Crippen LogP contribution is -2.38. The van der Waals surface area contributed by atoms with Gasteiger partial charge in [-0.1, -0.05) is 23.8 Å². The quantitative estimate of drug-likeness (QED) is 0.543. The minimum atomic E-state index is -0.903. The van der Waals surface area contributed by atoms with Crippen LogP contribution in [-0.4, -0.2) is 43.0 Å². The molecule has 3 aromatic rings. The highest BCUT2D eigenvalue weighted by Gasteiger charge is 2.21. The predicted molar refractivity (Wildman–Crippen MR) is 112 cm³/mol. The van der Waals surface area contributed by atoms with Gasteiger partial charge in [0.05, 0.1) is 6.54 Å². The van der Waals surface area contributed by atoms with Gasteiger partial charge in [-0.15, -0.1) is 6.58 Å². The summed E-state index contributed by atoms with van der Waals surface area (Å²) in [6.45, 7) is 6.16. The number of aliphatic hydroxyl groups excluding tert-OH is 1. The molecular formula is C20H25N5O4. The highest BCUT2D eigenvalue weighted by molar-refractivity contribution is 5.74. The molecule has 0 spiro atoms. The van der Waals surface area contributed by atoms with Crippen molar-refractivity contribution in [3.63, 3.8) is 0 Å². The minimum Gasteiger partial charge on any atom is -0.491 e. The zero-order valence-corrected chi connectivity index (χ0v) is 16.8. The van der Waals surface area contributed by atoms with Gasteiger partial charge in [0.1, 0.15) is 18.5 Å². The second kappa shape index (κ2) is 8.36. The fraction of sp³-hybridized carbons (Fsp3) is 0.350. The lowest BCUT2D eigenvalue weighted by Gasteiger charge is -2.16. The fourth-order valence-electron chi connectivity index (χ4n) is 3.01. The molecule has 3 rings (SSSR count). The molecule has 0 aliphatic rings. The van der Waals surface area contributed by atoms with Gasteiger partial charge in [-0.2, -0.15) is 4.98 Å². The van der Waals surface area contributed by atoms with E-state index >= 15 is 0 Å². The number of nitrogens with zero attached hydrogens (tertiary/aromatic N) is 4. The molecule has 29 heavy (non-hydrogen) atoms. The van der Waals surface area contributed by atoms with E-state index in [0.29, 0.717) is 18.2 Å². The minimum absolute atomic E-state index is 0.0374. The number of aromatic nitrogens is 4. The lowest BCUT2D eigenvalue weighted by molar-refractivity contribution is 0.0938. The van der Waals surface area contributed by atoms with Gasteiger partial charge in [0.25, 0.3) is 5.56 Å². The Hall–Kier alpha value is -3.33. The molecule has 0 bridgehead atoms. The number of nitrogens with one attached hydrogen (secondary N) is 1. The maximum atomic E-state index is 12.7. The zero-order chi connectivity index (χ0) is 21.1. The van der Waals surface area contributed by atoms with Crippen molar-refractivity contribution in [2.24, 2.45) is 14.1 Å². The largest absolute Gasteiger partial charge is 0.491 e. The summed E-state index contributed by atoms with van der Waals surface area (Å²) < 4.78 is 9.54. The molecule has 9 heteroatoms. The number of aliphatic hydroxyl groups is 1. The molecule has 1 aromatic carbocycles. The number of benzene rings is 1. The van der Waals surface area contributed by atoms with Crippen LogP contribution in [0.1, 0.15) is 5.56 Å². The summed E-state index contributed by atoms with van der Waals surface area (Å²) in [5, 5.41) is 13.6. The molecule has 9 nitrogen and oxygen atoms in total. The van der Waals surface area contributed by atoms with Gasteiger partial charge in [0.2, 0.25) is 5.95 Å². The fourth-order valence-corrected chi connectivity index (χ4v) is 3.01. The van der Waals surface area contributed by atoms with E-state index in [2.05, 4.69) is 16.9 Å². The molecule has 2 aromatic heterocycles. The molecular weight excluding hydrogens is 374 g/mol. The first kappa shape index (κ1) is 20.4. The number of aryl methyl sites for hydroxylation is 2. The summed E-state index contributed by atoms with van der Waals surface area (Å²) in [5.74, 6) is 1.01. The van der Waals surface area contributed by atoms with Crippen LogP contribution in [0, 0.1) is 6.92 Å². The van der Waals surface area contributed by atoms with E-state index < -0.39 is 17.4 Å². The number of hydrogen-bond acceptors (Lipinski definition) is 6. The van der Waals surface area contributed by atoms with Crippen molar-refractivity contribution >= 4 is 17.1 Å². The van der Waals surface area contributed by atoms with Crippen LogP contribution in [-0.2, 0) is 20.6 Å². The zero-order valence-electron chi connectivity index (χ0n) is 16.8. The first-order chi connectivity index (χ1) is 13.8. The number of anilines is 1. The summed E-state index contributed by atoms with van der Waals surface area (Å²) in [6, 6.07) is 7.51. The molecule has 0 saturated carbocycles. The first-order valence-corrected chi connectivity index (χ1v) is 9.22. The second-order valence-corrected chi connectivity index (χ2v) is 6.87. The van der Waals surface area contributed by atoms with Gasteiger partial charge >= 0.3 is 5.69 Å². The number of fused-ring (bicyclic) bond motifs is 1. The average molecular weight is 399 g/mol. The summed E-state index contributed by atoms with van der Waals surface area (Å²) in [5.41, 5.74) is 0.647. The molecule has 0 fully saturated rings. The molecule has 0 aliphatic heterocycles. The maximum absolute atomic E-state index is 12.7. The van der Waals surface area contributed by atoms with Gasteiger partial charge in [-0.25, -0.2) is 4.79 Å². The summed E-state index contributed by atoms with van der Waals surface area (Å²) in [4.78, 5) is 29.3. The molecule has 0 saturated heterocycles. The van der Waals surface area contributed by atoms with E-state index in [1.165, 1.54) is 11.6 Å². The highest BCUT2D eigenvalue weighted by Crippen LogP contribution is 2.17. The van der Waals surface area contributed by atoms with Crippen molar-refractivity contribution in [2.45, 2.75) is 19.6 Å². The van der Waals surface area contributed by atoms with Gasteiger partial charge in [-0.05, 0) is 19.1 Å². The molecule has 0 aliphatic carbocycles. The monoisotopic (exact) mass is 399 g/mol. The van der Waals surface area contributed by atoms with E-state index in [0.717, 1.165) is 10.1 Å². The molecule has 0 amide bonds. The smallest absolute Gasteiger partial charge is 0.332 e. The van der Waals surface area contributed by atoms with Crippen LogP contribution in [0.4, 0.5) is 5.95 Å². The van der Waals surface area contributed by atoms with Gasteiger partial charge in [-0.3, -0.25) is 13.9 Å². The van der Waals surface area contributed by atoms with Crippen molar-refractivity contribution in [1.82, 2.24) is 18.7 Å². The SMILES string of the molecule is C=CCNc1nc2c(c(=O)n(C)c(=O)n2C)n1CC(O)COc1ccc(C)cc1. The Labute approximate surface area is 167 Å². The van der Waals surface area contributed by atoms with E-state index in [4.69, 9.17) is 4.74 Å². The molecule has 2 heterocycles. The third kappa shape index (κ3) is 4.09. The van der Waals surface area contributed by atoms with E-state index in [1.807, 2.05) is 31.2 Å². The standard InChI is InChI=1S/C20H25N5O4/c1-5-10-21-19-22-17-16(18(27)24(4)20(28)23(17)3)25(19)11-14(26)12-29-15-8-6-13(2)7-9-15/h5-9,14,26H,1,10-12H2,2-4H3,(H,21,22). The number of rotatable bonds is 8. The van der Waals surface area contributed by atoms with Gasteiger partial charge in [0.15, 0.2) is 11.2 Å². The van der Waals surface area contributed by atoms with Crippen LogP contribution < -0.4 is 21.3 Å². The Kier molecular flexibility index (Phi) is 5.88. The normalized spacial score (nSPS) is 12.1. The summed E-state index contributed by atoms with van der Waals surface area (Å²) in [7, 11) is 2.96. The Bertz CT molecular complexity index is 1140. The Morgan fingerprint density at radius 3 is 2.59 bits per heavy atom. The molecule has 1 unspecified atom stereocenters. The van der Waals surface area contributed by atoms with E-state index in [1.54, 1.807) is 17.7 Å². The third-order valence-corrected chi connectivity index (χ3v) is 4.61. The van der Waals surface area contributed by atoms with Gasteiger partial charge in [0, 0.05) is 20.6 Å². The van der Waals surface area contributed by atoms with Gasteiger partial charge < -0.3 is 19.7 Å². The van der Waals surface area contributed by atoms with E-state index in [9.17, 15) is 14.7 Å². The molecule has 1 atom stereocenters. The van der Waals surface area contributed by atoms with Crippen LogP contribution in [0.2, 0.25) is 0 Å². The van der Waals surface area contributed by atoms with Crippen molar-refractivity contribution in [2.75, 3.05) is 18.5 Å². The van der Waals surface area contributed by atoms with Crippen LogP contribution in [0.25, 0.3) is 11.2 Å². The number of ether oxygens (including phenoxy) is 1. The van der Waals surface area contributed by atoms with Crippen molar-refractivity contribution in [3.8, 4) is 5.75 Å². The van der Waals surface area contributed by atoms with Crippen molar-refractivity contribution in [1.29, 1.82) is 0 Å². The van der Waals surface area contributed by atoms with Crippen LogP contribution >= 0.6 is 0 Å². The third-order valence-electron chi connectivity index (χ3n) is 4.61. The Morgan fingerprint density at radius 1 is 1.24 bits per heavy atom. The van der Waals surface area contributed by atoms with Crippen LogP contribution in [0.3, 0.4) is 0 Å². The summed E-state index contributed by atoms with van der Waals surface area (Å²) in [6.07, 6.45) is 0.748. The van der Waals surface area contributed by atoms with Crippen molar-refractivity contribution < 1.29 is 9.84 Å². The molecule has 0 radical (unpaired) electrons.